The lowest BCUT2D eigenvalue weighted by atomic mass is 9.84. The van der Waals surface area contributed by atoms with Crippen LogP contribution in [0.5, 0.6) is 11.5 Å². The molecule has 0 saturated carbocycles. The zero-order valence-electron chi connectivity index (χ0n) is 13.0. The highest BCUT2D eigenvalue weighted by atomic mass is 35.5. The summed E-state index contributed by atoms with van der Waals surface area (Å²) in [4.78, 5) is 11.8. The predicted octanol–water partition coefficient (Wildman–Crippen LogP) is 1.20. The summed E-state index contributed by atoms with van der Waals surface area (Å²) >= 11 is 0. The minimum absolute atomic E-state index is 0. The number of halogens is 1. The largest absolute Gasteiger partial charge is 0.454 e. The van der Waals surface area contributed by atoms with Gasteiger partial charge in [-0.05, 0) is 17.7 Å². The molecular weight excluding hydrogens is 308 g/mol. The summed E-state index contributed by atoms with van der Waals surface area (Å²) in [6.07, 6.45) is 0. The fraction of sp³-hybridized carbons (Fsp3) is 0.533. The zero-order chi connectivity index (χ0) is 15.5. The van der Waals surface area contributed by atoms with Gasteiger partial charge in [-0.15, -0.1) is 12.4 Å². The van der Waals surface area contributed by atoms with E-state index in [0.29, 0.717) is 6.54 Å². The van der Waals surface area contributed by atoms with Gasteiger partial charge in [-0.25, -0.2) is 0 Å². The Balaban J connectivity index is 0.00000242. The van der Waals surface area contributed by atoms with Crippen molar-refractivity contribution < 1.29 is 19.0 Å². The van der Waals surface area contributed by atoms with Gasteiger partial charge in [0.05, 0.1) is 6.61 Å². The van der Waals surface area contributed by atoms with Gasteiger partial charge in [0.25, 0.3) is 0 Å². The Bertz CT molecular complexity index is 522. The zero-order valence-corrected chi connectivity index (χ0v) is 13.9. The first-order chi connectivity index (χ1) is 9.94. The average molecular weight is 331 g/mol. The number of methoxy groups -OCH3 is 1. The smallest absolute Gasteiger partial charge is 0.239 e. The fourth-order valence-electron chi connectivity index (χ4n) is 2.11. The molecule has 1 amide bonds. The van der Waals surface area contributed by atoms with Gasteiger partial charge >= 0.3 is 0 Å². The molecule has 124 valence electrons. The van der Waals surface area contributed by atoms with E-state index in [1.54, 1.807) is 0 Å². The van der Waals surface area contributed by atoms with Crippen LogP contribution in [-0.4, -0.2) is 39.0 Å². The second-order valence-corrected chi connectivity index (χ2v) is 5.73. The van der Waals surface area contributed by atoms with Crippen LogP contribution in [0.15, 0.2) is 18.2 Å². The van der Waals surface area contributed by atoms with Crippen molar-refractivity contribution in [2.75, 3.05) is 27.1 Å². The van der Waals surface area contributed by atoms with E-state index in [-0.39, 0.29) is 37.1 Å². The lowest BCUT2D eigenvalue weighted by Gasteiger charge is -2.26. The molecule has 0 fully saturated rings. The molecule has 1 unspecified atom stereocenters. The number of hydrogen-bond donors (Lipinski definition) is 2. The number of carbonyl (C=O) groups excluding carboxylic acids is 1. The summed E-state index contributed by atoms with van der Waals surface area (Å²) in [5.74, 6) is 1.27. The van der Waals surface area contributed by atoms with Crippen LogP contribution < -0.4 is 20.5 Å². The van der Waals surface area contributed by atoms with Crippen molar-refractivity contribution in [1.29, 1.82) is 0 Å². The lowest BCUT2D eigenvalue weighted by Crippen LogP contribution is -2.47. The summed E-state index contributed by atoms with van der Waals surface area (Å²) in [7, 11) is 1.52. The van der Waals surface area contributed by atoms with E-state index in [1.807, 2.05) is 32.0 Å². The number of amides is 1. The summed E-state index contributed by atoms with van der Waals surface area (Å²) in [5, 5.41) is 2.86. The van der Waals surface area contributed by atoms with E-state index in [2.05, 4.69) is 5.32 Å². The van der Waals surface area contributed by atoms with Crippen molar-refractivity contribution in [3.05, 3.63) is 23.8 Å². The minimum Gasteiger partial charge on any atom is -0.454 e. The van der Waals surface area contributed by atoms with Crippen LogP contribution in [0.2, 0.25) is 0 Å². The Kier molecular flexibility index (Phi) is 6.47. The predicted molar refractivity (Wildman–Crippen MR) is 85.7 cm³/mol. The number of benzene rings is 1. The molecule has 0 aromatic heterocycles. The highest BCUT2D eigenvalue weighted by molar-refractivity contribution is 5.85. The monoisotopic (exact) mass is 330 g/mol. The summed E-state index contributed by atoms with van der Waals surface area (Å²) < 4.78 is 15.6. The summed E-state index contributed by atoms with van der Waals surface area (Å²) in [6, 6.07) is 5.17. The second-order valence-electron chi connectivity index (χ2n) is 5.73. The Morgan fingerprint density at radius 3 is 2.77 bits per heavy atom. The molecular formula is C15H23ClN2O4. The van der Waals surface area contributed by atoms with Gasteiger partial charge in [0.1, 0.15) is 6.04 Å². The Morgan fingerprint density at radius 1 is 1.41 bits per heavy atom. The van der Waals surface area contributed by atoms with Crippen molar-refractivity contribution >= 4 is 18.3 Å². The number of rotatable bonds is 6. The van der Waals surface area contributed by atoms with Crippen molar-refractivity contribution in [2.45, 2.75) is 25.3 Å². The third-order valence-corrected chi connectivity index (χ3v) is 3.54. The molecule has 0 bridgehead atoms. The molecule has 7 heteroatoms. The van der Waals surface area contributed by atoms with E-state index >= 15 is 0 Å². The first-order valence-electron chi connectivity index (χ1n) is 6.86. The molecule has 1 heterocycles. The van der Waals surface area contributed by atoms with E-state index in [9.17, 15) is 4.79 Å². The van der Waals surface area contributed by atoms with Gasteiger partial charge in [0.2, 0.25) is 12.7 Å². The Labute approximate surface area is 136 Å². The van der Waals surface area contributed by atoms with Gasteiger partial charge < -0.3 is 25.3 Å². The van der Waals surface area contributed by atoms with Gasteiger partial charge in [0, 0.05) is 19.1 Å². The molecule has 0 aliphatic carbocycles. The third kappa shape index (κ3) is 4.25. The van der Waals surface area contributed by atoms with Crippen LogP contribution in [0.4, 0.5) is 0 Å². The third-order valence-electron chi connectivity index (χ3n) is 3.54. The lowest BCUT2D eigenvalue weighted by molar-refractivity contribution is -0.123. The van der Waals surface area contributed by atoms with Crippen molar-refractivity contribution in [2.24, 2.45) is 5.73 Å². The van der Waals surface area contributed by atoms with Crippen molar-refractivity contribution in [3.63, 3.8) is 0 Å². The minimum atomic E-state index is -0.650. The van der Waals surface area contributed by atoms with E-state index in [1.165, 1.54) is 7.11 Å². The Morgan fingerprint density at radius 2 is 2.09 bits per heavy atom. The molecule has 1 aromatic carbocycles. The Hall–Kier alpha value is -1.50. The van der Waals surface area contributed by atoms with E-state index < -0.39 is 6.04 Å². The highest BCUT2D eigenvalue weighted by Gasteiger charge is 2.25. The number of hydrogen-bond acceptors (Lipinski definition) is 5. The SMILES string of the molecule is COCC(N)C(=O)NCC(C)(C)c1ccc2c(c1)OCO2.Cl. The summed E-state index contributed by atoms with van der Waals surface area (Å²) in [6.45, 7) is 5.03. The quantitative estimate of drug-likeness (QED) is 0.819. The molecule has 2 rings (SSSR count). The molecule has 1 aliphatic heterocycles. The topological polar surface area (TPSA) is 82.8 Å². The first-order valence-corrected chi connectivity index (χ1v) is 6.86. The average Bonchev–Trinajstić information content (AvgIpc) is 2.92. The molecule has 0 spiro atoms. The molecule has 1 atom stereocenters. The van der Waals surface area contributed by atoms with E-state index in [0.717, 1.165) is 17.1 Å². The number of nitrogens with two attached hydrogens (primary N) is 1. The van der Waals surface area contributed by atoms with Gasteiger partial charge in [0.15, 0.2) is 11.5 Å². The number of ether oxygens (including phenoxy) is 3. The molecule has 1 aromatic rings. The molecule has 0 radical (unpaired) electrons. The van der Waals surface area contributed by atoms with Gasteiger partial charge in [-0.3, -0.25) is 4.79 Å². The fourth-order valence-corrected chi connectivity index (χ4v) is 2.11. The second kappa shape index (κ2) is 7.67. The molecule has 6 nitrogen and oxygen atoms in total. The van der Waals surface area contributed by atoms with Crippen LogP contribution in [-0.2, 0) is 14.9 Å². The highest BCUT2D eigenvalue weighted by Crippen LogP contribution is 2.36. The van der Waals surface area contributed by atoms with Crippen molar-refractivity contribution in [3.8, 4) is 11.5 Å². The summed E-state index contributed by atoms with van der Waals surface area (Å²) in [5.41, 5.74) is 6.51. The van der Waals surface area contributed by atoms with Crippen LogP contribution in [0.3, 0.4) is 0 Å². The number of nitrogens with one attached hydrogen (secondary N) is 1. The molecule has 0 saturated heterocycles. The van der Waals surface area contributed by atoms with Gasteiger partial charge in [-0.1, -0.05) is 19.9 Å². The molecule has 1 aliphatic rings. The van der Waals surface area contributed by atoms with Crippen LogP contribution in [0, 0.1) is 0 Å². The maximum Gasteiger partial charge on any atom is 0.239 e. The van der Waals surface area contributed by atoms with Crippen LogP contribution >= 0.6 is 12.4 Å². The van der Waals surface area contributed by atoms with Crippen LogP contribution in [0.1, 0.15) is 19.4 Å². The van der Waals surface area contributed by atoms with E-state index in [4.69, 9.17) is 19.9 Å². The number of fused-ring (bicyclic) bond motifs is 1. The first kappa shape index (κ1) is 18.5. The van der Waals surface area contributed by atoms with Crippen LogP contribution in [0.25, 0.3) is 0 Å². The molecule has 3 N–H and O–H groups in total. The van der Waals surface area contributed by atoms with Crippen molar-refractivity contribution in [1.82, 2.24) is 5.32 Å². The standard InChI is InChI=1S/C15H22N2O4.ClH/c1-15(2,8-17-14(18)11(16)7-19-3)10-4-5-12-13(6-10)21-9-20-12;/h4-6,11H,7-9,16H2,1-3H3,(H,17,18);1H. The normalized spacial score (nSPS) is 14.2. The maximum absolute atomic E-state index is 11.8. The van der Waals surface area contributed by atoms with Gasteiger partial charge in [-0.2, -0.15) is 0 Å². The number of carbonyl (C=O) groups is 1. The maximum atomic E-state index is 11.8. The molecule has 22 heavy (non-hydrogen) atoms.